The van der Waals surface area contributed by atoms with Crippen molar-refractivity contribution in [1.82, 2.24) is 4.90 Å². The fourth-order valence-electron chi connectivity index (χ4n) is 2.19. The molecule has 0 radical (unpaired) electrons. The molecule has 21 heavy (non-hydrogen) atoms. The summed E-state index contributed by atoms with van der Waals surface area (Å²) in [5, 5.41) is 1.31. The Morgan fingerprint density at radius 3 is 2.71 bits per heavy atom. The molecule has 5 heteroatoms. The van der Waals surface area contributed by atoms with Crippen LogP contribution in [-0.2, 0) is 6.42 Å². The van der Waals surface area contributed by atoms with Crippen LogP contribution in [-0.4, -0.2) is 24.2 Å². The van der Waals surface area contributed by atoms with Gasteiger partial charge in [-0.15, -0.1) is 0 Å². The molecule has 4 nitrogen and oxygen atoms in total. The van der Waals surface area contributed by atoms with Gasteiger partial charge >= 0.3 is 5.63 Å². The highest BCUT2D eigenvalue weighted by atomic mass is 32.1. The number of benzene rings is 1. The van der Waals surface area contributed by atoms with Gasteiger partial charge < -0.3 is 14.1 Å². The van der Waals surface area contributed by atoms with Crippen molar-refractivity contribution in [3.63, 3.8) is 0 Å². The van der Waals surface area contributed by atoms with Crippen LogP contribution in [0.25, 0.3) is 11.0 Å². The molecule has 0 aliphatic carbocycles. The zero-order valence-electron chi connectivity index (χ0n) is 12.7. The molecule has 0 aliphatic rings. The van der Waals surface area contributed by atoms with Crippen LogP contribution in [0.4, 0.5) is 0 Å². The lowest BCUT2D eigenvalue weighted by atomic mass is 10.0. The Kier molecular flexibility index (Phi) is 4.63. The summed E-state index contributed by atoms with van der Waals surface area (Å²) in [5.41, 5.74) is 2.05. The topological polar surface area (TPSA) is 42.7 Å². The van der Waals surface area contributed by atoms with E-state index in [1.165, 1.54) is 6.07 Å². The second-order valence-electron chi connectivity index (χ2n) is 5.18. The molecule has 0 unspecified atom stereocenters. The maximum atomic E-state index is 11.7. The third-order valence-electron chi connectivity index (χ3n) is 3.24. The van der Waals surface area contributed by atoms with Gasteiger partial charge in [0.25, 0.3) is 5.17 Å². The van der Waals surface area contributed by atoms with Crippen LogP contribution < -0.4 is 10.4 Å². The largest absolute Gasteiger partial charge is 0.431 e. The highest BCUT2D eigenvalue weighted by molar-refractivity contribution is 7.80. The zero-order valence-corrected chi connectivity index (χ0v) is 13.5. The van der Waals surface area contributed by atoms with Crippen molar-refractivity contribution in [2.45, 2.75) is 26.7 Å². The molecule has 0 bridgehead atoms. The summed E-state index contributed by atoms with van der Waals surface area (Å²) in [7, 11) is 3.65. The third kappa shape index (κ3) is 3.24. The first-order valence-electron chi connectivity index (χ1n) is 6.89. The number of aryl methyl sites for hydroxylation is 2. The first-order chi connectivity index (χ1) is 9.93. The number of hydrogen-bond donors (Lipinski definition) is 0. The molecule has 0 N–H and O–H groups in total. The van der Waals surface area contributed by atoms with Crippen LogP contribution in [0.15, 0.2) is 27.4 Å². The minimum Gasteiger partial charge on any atom is -0.431 e. The third-order valence-corrected chi connectivity index (χ3v) is 3.69. The van der Waals surface area contributed by atoms with Crippen molar-refractivity contribution in [3.8, 4) is 5.75 Å². The minimum atomic E-state index is -0.343. The van der Waals surface area contributed by atoms with E-state index in [-0.39, 0.29) is 5.63 Å². The van der Waals surface area contributed by atoms with Crippen molar-refractivity contribution in [1.29, 1.82) is 0 Å². The maximum Gasteiger partial charge on any atom is 0.336 e. The molecule has 2 rings (SSSR count). The summed E-state index contributed by atoms with van der Waals surface area (Å²) < 4.78 is 11.2. The quantitative estimate of drug-likeness (QED) is 0.643. The molecular weight excluding hydrogens is 286 g/mol. The Morgan fingerprint density at radius 1 is 1.38 bits per heavy atom. The van der Waals surface area contributed by atoms with Gasteiger partial charge in [0.05, 0.1) is 0 Å². The molecule has 0 amide bonds. The monoisotopic (exact) mass is 305 g/mol. The Bertz CT molecular complexity index is 734. The number of nitrogens with zero attached hydrogens (tertiary/aromatic N) is 1. The van der Waals surface area contributed by atoms with Gasteiger partial charge in [-0.2, -0.15) is 0 Å². The second kappa shape index (κ2) is 6.26. The van der Waals surface area contributed by atoms with E-state index in [0.717, 1.165) is 29.4 Å². The predicted molar refractivity (Wildman–Crippen MR) is 88.1 cm³/mol. The van der Waals surface area contributed by atoms with Gasteiger partial charge in [-0.25, -0.2) is 4.79 Å². The van der Waals surface area contributed by atoms with E-state index in [4.69, 9.17) is 21.4 Å². The summed E-state index contributed by atoms with van der Waals surface area (Å²) in [6.07, 6.45) is 1.68. The average Bonchev–Trinajstić information content (AvgIpc) is 2.41. The standard InChI is InChI=1S/C16H19NO3S/c1-5-6-12-13(19-16(21)17(3)4)8-7-11-10(2)9-14(18)20-15(11)12/h7-9H,5-6H2,1-4H3. The average molecular weight is 305 g/mol. The normalized spacial score (nSPS) is 10.7. The summed E-state index contributed by atoms with van der Waals surface area (Å²) >= 11 is 5.19. The summed E-state index contributed by atoms with van der Waals surface area (Å²) in [4.78, 5) is 13.4. The number of ether oxygens (including phenoxy) is 1. The molecule has 2 aromatic rings. The van der Waals surface area contributed by atoms with Crippen LogP contribution in [0.1, 0.15) is 24.5 Å². The predicted octanol–water partition coefficient (Wildman–Crippen LogP) is 3.28. The van der Waals surface area contributed by atoms with Gasteiger partial charge in [0.1, 0.15) is 11.3 Å². The molecule has 0 saturated carbocycles. The molecule has 0 fully saturated rings. The SMILES string of the molecule is CCCc1c(OC(=S)N(C)C)ccc2c(C)cc(=O)oc12. The van der Waals surface area contributed by atoms with Crippen molar-refractivity contribution in [3.05, 3.63) is 39.7 Å². The number of hydrogen-bond acceptors (Lipinski definition) is 4. The van der Waals surface area contributed by atoms with Crippen LogP contribution in [0.5, 0.6) is 5.75 Å². The van der Waals surface area contributed by atoms with E-state index in [9.17, 15) is 4.79 Å². The second-order valence-corrected chi connectivity index (χ2v) is 5.53. The Labute approximate surface area is 129 Å². The van der Waals surface area contributed by atoms with E-state index >= 15 is 0 Å². The van der Waals surface area contributed by atoms with Crippen molar-refractivity contribution >= 4 is 28.4 Å². The number of fused-ring (bicyclic) bond motifs is 1. The van der Waals surface area contributed by atoms with Gasteiger partial charge in [0.15, 0.2) is 0 Å². The molecule has 112 valence electrons. The zero-order chi connectivity index (χ0) is 15.6. The van der Waals surface area contributed by atoms with Gasteiger partial charge in [0, 0.05) is 31.1 Å². The van der Waals surface area contributed by atoms with Crippen molar-refractivity contribution < 1.29 is 9.15 Å². The van der Waals surface area contributed by atoms with Crippen LogP contribution in [0, 0.1) is 6.92 Å². The van der Waals surface area contributed by atoms with Gasteiger partial charge in [-0.3, -0.25) is 0 Å². The Hall–Kier alpha value is -1.88. The molecule has 0 aliphatic heterocycles. The molecule has 0 saturated heterocycles. The van der Waals surface area contributed by atoms with Gasteiger partial charge in [-0.05, 0) is 43.3 Å². The highest BCUT2D eigenvalue weighted by Gasteiger charge is 2.15. The molecule has 1 aromatic heterocycles. The first-order valence-corrected chi connectivity index (χ1v) is 7.30. The van der Waals surface area contributed by atoms with E-state index < -0.39 is 0 Å². The van der Waals surface area contributed by atoms with Crippen LogP contribution >= 0.6 is 12.2 Å². The number of rotatable bonds is 3. The smallest absolute Gasteiger partial charge is 0.336 e. The minimum absolute atomic E-state index is 0.343. The Morgan fingerprint density at radius 2 is 2.10 bits per heavy atom. The van der Waals surface area contributed by atoms with Crippen molar-refractivity contribution in [2.75, 3.05) is 14.1 Å². The molecular formula is C16H19NO3S. The van der Waals surface area contributed by atoms with Crippen LogP contribution in [0.2, 0.25) is 0 Å². The summed E-state index contributed by atoms with van der Waals surface area (Å²) in [6, 6.07) is 5.29. The van der Waals surface area contributed by atoms with Crippen molar-refractivity contribution in [2.24, 2.45) is 0 Å². The lowest BCUT2D eigenvalue weighted by molar-refractivity contribution is 0.444. The van der Waals surface area contributed by atoms with E-state index in [0.29, 0.717) is 16.5 Å². The molecule has 1 aromatic carbocycles. The molecule has 0 spiro atoms. The maximum absolute atomic E-state index is 11.7. The lowest BCUT2D eigenvalue weighted by Gasteiger charge is -2.17. The van der Waals surface area contributed by atoms with Gasteiger partial charge in [-0.1, -0.05) is 13.3 Å². The highest BCUT2D eigenvalue weighted by Crippen LogP contribution is 2.30. The van der Waals surface area contributed by atoms with Crippen LogP contribution in [0.3, 0.4) is 0 Å². The number of thiocarbonyl (C=S) groups is 1. The first kappa shape index (κ1) is 15.5. The fraction of sp³-hybridized carbons (Fsp3) is 0.375. The van der Waals surface area contributed by atoms with E-state index in [1.807, 2.05) is 33.2 Å². The van der Waals surface area contributed by atoms with E-state index in [2.05, 4.69) is 6.92 Å². The molecule has 0 atom stereocenters. The van der Waals surface area contributed by atoms with E-state index in [1.54, 1.807) is 4.90 Å². The summed E-state index contributed by atoms with van der Waals surface area (Å²) in [5.74, 6) is 0.650. The molecule has 1 heterocycles. The van der Waals surface area contributed by atoms with Gasteiger partial charge in [0.2, 0.25) is 0 Å². The lowest BCUT2D eigenvalue weighted by Crippen LogP contribution is -2.25. The Balaban J connectivity index is 2.63. The summed E-state index contributed by atoms with van der Waals surface area (Å²) in [6.45, 7) is 3.97. The fourth-order valence-corrected chi connectivity index (χ4v) is 2.28.